The number of methoxy groups -OCH3 is 1. The molecule has 1 heterocycles. The van der Waals surface area contributed by atoms with Crippen molar-refractivity contribution >= 4 is 52.4 Å². The number of benzene rings is 2. The van der Waals surface area contributed by atoms with Gasteiger partial charge in [-0.25, -0.2) is 4.79 Å². The van der Waals surface area contributed by atoms with Crippen molar-refractivity contribution in [3.63, 3.8) is 0 Å². The molecule has 146 valence electrons. The number of carbonyl (C=O) groups excluding carboxylic acids is 3. The number of imide groups is 1. The smallest absolute Gasteiger partial charge is 0.323 e. The standard InChI is InChI=1S/C19H17Cl2N3O4/c1-28-8-2-7-24-17(25)13-5-4-12(10-14(13)18(24)26)22-19(27)23-16-6-3-11(20)9-15(16)21/h3-6,9-10H,2,7-8H2,1H3,(H2,22,23,27). The summed E-state index contributed by atoms with van der Waals surface area (Å²) in [6.07, 6.45) is 0.553. The van der Waals surface area contributed by atoms with E-state index in [4.69, 9.17) is 27.9 Å². The Labute approximate surface area is 171 Å². The lowest BCUT2D eigenvalue weighted by Crippen LogP contribution is -2.31. The molecule has 1 aliphatic heterocycles. The van der Waals surface area contributed by atoms with Crippen molar-refractivity contribution in [2.45, 2.75) is 6.42 Å². The highest BCUT2D eigenvalue weighted by molar-refractivity contribution is 6.36. The highest BCUT2D eigenvalue weighted by Gasteiger charge is 2.35. The minimum Gasteiger partial charge on any atom is -0.385 e. The van der Waals surface area contributed by atoms with Crippen LogP contribution in [-0.2, 0) is 4.74 Å². The van der Waals surface area contributed by atoms with E-state index in [0.717, 1.165) is 0 Å². The van der Waals surface area contributed by atoms with E-state index in [2.05, 4.69) is 10.6 Å². The van der Waals surface area contributed by atoms with Gasteiger partial charge in [0.05, 0.1) is 21.8 Å². The number of rotatable bonds is 6. The Hall–Kier alpha value is -2.61. The third-order valence-electron chi connectivity index (χ3n) is 4.14. The average molecular weight is 422 g/mol. The van der Waals surface area contributed by atoms with Gasteiger partial charge in [-0.3, -0.25) is 14.5 Å². The van der Waals surface area contributed by atoms with Gasteiger partial charge in [-0.05, 0) is 42.8 Å². The molecule has 0 bridgehead atoms. The average Bonchev–Trinajstić information content (AvgIpc) is 2.89. The number of fused-ring (bicyclic) bond motifs is 1. The fourth-order valence-electron chi connectivity index (χ4n) is 2.81. The molecule has 0 aliphatic carbocycles. The van der Waals surface area contributed by atoms with E-state index < -0.39 is 6.03 Å². The molecule has 2 aromatic carbocycles. The number of nitrogens with zero attached hydrogens (tertiary/aromatic N) is 1. The van der Waals surface area contributed by atoms with Crippen LogP contribution in [0.15, 0.2) is 36.4 Å². The van der Waals surface area contributed by atoms with E-state index >= 15 is 0 Å². The minimum atomic E-state index is -0.544. The van der Waals surface area contributed by atoms with Gasteiger partial charge < -0.3 is 15.4 Å². The maximum Gasteiger partial charge on any atom is 0.323 e. The van der Waals surface area contributed by atoms with Crippen molar-refractivity contribution < 1.29 is 19.1 Å². The molecular weight excluding hydrogens is 405 g/mol. The Morgan fingerprint density at radius 1 is 1.04 bits per heavy atom. The van der Waals surface area contributed by atoms with Crippen LogP contribution in [0.3, 0.4) is 0 Å². The van der Waals surface area contributed by atoms with Crippen LogP contribution in [0.5, 0.6) is 0 Å². The van der Waals surface area contributed by atoms with Gasteiger partial charge in [0.2, 0.25) is 0 Å². The molecule has 4 amide bonds. The summed E-state index contributed by atoms with van der Waals surface area (Å²) in [6, 6.07) is 8.71. The van der Waals surface area contributed by atoms with Crippen molar-refractivity contribution in [3.05, 3.63) is 57.6 Å². The van der Waals surface area contributed by atoms with Crippen LogP contribution in [0.2, 0.25) is 10.0 Å². The van der Waals surface area contributed by atoms with Crippen LogP contribution in [0, 0.1) is 0 Å². The molecule has 0 radical (unpaired) electrons. The molecule has 0 saturated carbocycles. The number of hydrogen-bond acceptors (Lipinski definition) is 4. The quantitative estimate of drug-likeness (QED) is 0.538. The summed E-state index contributed by atoms with van der Waals surface area (Å²) in [4.78, 5) is 38.3. The molecule has 0 saturated heterocycles. The van der Waals surface area contributed by atoms with Crippen LogP contribution in [-0.4, -0.2) is 43.0 Å². The van der Waals surface area contributed by atoms with Gasteiger partial charge in [0.25, 0.3) is 11.8 Å². The van der Waals surface area contributed by atoms with Gasteiger partial charge in [-0.1, -0.05) is 23.2 Å². The third-order valence-corrected chi connectivity index (χ3v) is 4.69. The first-order valence-electron chi connectivity index (χ1n) is 8.43. The summed E-state index contributed by atoms with van der Waals surface area (Å²) in [5.74, 6) is -0.735. The maximum atomic E-state index is 12.5. The fourth-order valence-corrected chi connectivity index (χ4v) is 3.27. The molecule has 3 rings (SSSR count). The molecule has 0 unspecified atom stereocenters. The van der Waals surface area contributed by atoms with E-state index in [1.807, 2.05) is 0 Å². The molecular formula is C19H17Cl2N3O4. The van der Waals surface area contributed by atoms with Gasteiger partial charge >= 0.3 is 6.03 Å². The SMILES string of the molecule is COCCCN1C(=O)c2ccc(NC(=O)Nc3ccc(Cl)cc3Cl)cc2C1=O. The monoisotopic (exact) mass is 421 g/mol. The van der Waals surface area contributed by atoms with Crippen LogP contribution < -0.4 is 10.6 Å². The Morgan fingerprint density at radius 3 is 2.50 bits per heavy atom. The number of anilines is 2. The largest absolute Gasteiger partial charge is 0.385 e. The first kappa shape index (κ1) is 20.1. The fraction of sp³-hybridized carbons (Fsp3) is 0.211. The first-order valence-corrected chi connectivity index (χ1v) is 9.18. The summed E-state index contributed by atoms with van der Waals surface area (Å²) >= 11 is 11.9. The van der Waals surface area contributed by atoms with E-state index in [9.17, 15) is 14.4 Å². The lowest BCUT2D eigenvalue weighted by atomic mass is 10.1. The van der Waals surface area contributed by atoms with Crippen molar-refractivity contribution in [2.75, 3.05) is 30.9 Å². The first-order chi connectivity index (χ1) is 13.4. The van der Waals surface area contributed by atoms with Gasteiger partial charge in [0.15, 0.2) is 0 Å². The number of hydrogen-bond donors (Lipinski definition) is 2. The number of halogens is 2. The summed E-state index contributed by atoms with van der Waals surface area (Å²) in [7, 11) is 1.56. The molecule has 0 atom stereocenters. The second-order valence-electron chi connectivity index (χ2n) is 6.07. The maximum absolute atomic E-state index is 12.5. The number of ether oxygens (including phenoxy) is 1. The van der Waals surface area contributed by atoms with E-state index in [1.165, 1.54) is 23.1 Å². The number of carbonyl (C=O) groups is 3. The highest BCUT2D eigenvalue weighted by Crippen LogP contribution is 2.27. The minimum absolute atomic E-state index is 0.254. The molecule has 0 spiro atoms. The summed E-state index contributed by atoms with van der Waals surface area (Å²) < 4.78 is 4.96. The van der Waals surface area contributed by atoms with Crippen molar-refractivity contribution in [3.8, 4) is 0 Å². The number of nitrogens with one attached hydrogen (secondary N) is 2. The predicted molar refractivity (Wildman–Crippen MR) is 107 cm³/mol. The molecule has 7 nitrogen and oxygen atoms in total. The van der Waals surface area contributed by atoms with Crippen molar-refractivity contribution in [1.82, 2.24) is 4.90 Å². The Kier molecular flexibility index (Phi) is 6.18. The zero-order valence-electron chi connectivity index (χ0n) is 14.9. The topological polar surface area (TPSA) is 87.7 Å². The van der Waals surface area contributed by atoms with Gasteiger partial charge in [-0.15, -0.1) is 0 Å². The molecule has 1 aliphatic rings. The predicted octanol–water partition coefficient (Wildman–Crippen LogP) is 4.27. The normalized spacial score (nSPS) is 12.9. The molecule has 2 aromatic rings. The van der Waals surface area contributed by atoms with Gasteiger partial charge in [0.1, 0.15) is 0 Å². The van der Waals surface area contributed by atoms with E-state index in [1.54, 1.807) is 25.3 Å². The Bertz CT molecular complexity index is 949. The second kappa shape index (κ2) is 8.60. The van der Waals surface area contributed by atoms with Gasteiger partial charge in [0, 0.05) is 31.0 Å². The van der Waals surface area contributed by atoms with Crippen LogP contribution in [0.25, 0.3) is 0 Å². The zero-order valence-corrected chi connectivity index (χ0v) is 16.4. The van der Waals surface area contributed by atoms with Crippen molar-refractivity contribution in [1.29, 1.82) is 0 Å². The summed E-state index contributed by atoms with van der Waals surface area (Å²) in [6.45, 7) is 0.728. The van der Waals surface area contributed by atoms with Crippen LogP contribution in [0.1, 0.15) is 27.1 Å². The van der Waals surface area contributed by atoms with E-state index in [-0.39, 0.29) is 23.9 Å². The Balaban J connectivity index is 1.70. The lowest BCUT2D eigenvalue weighted by molar-refractivity contribution is 0.0638. The van der Waals surface area contributed by atoms with Crippen molar-refractivity contribution in [2.24, 2.45) is 0 Å². The van der Waals surface area contributed by atoms with Gasteiger partial charge in [-0.2, -0.15) is 0 Å². The lowest BCUT2D eigenvalue weighted by Gasteiger charge is -2.12. The molecule has 28 heavy (non-hydrogen) atoms. The third kappa shape index (κ3) is 4.27. The molecule has 0 aromatic heterocycles. The molecule has 0 fully saturated rings. The van der Waals surface area contributed by atoms with E-state index in [0.29, 0.717) is 40.0 Å². The number of urea groups is 1. The second-order valence-corrected chi connectivity index (χ2v) is 6.92. The summed E-state index contributed by atoms with van der Waals surface area (Å²) in [5.41, 5.74) is 1.33. The number of amides is 4. The molecule has 9 heteroatoms. The Morgan fingerprint density at radius 2 is 1.79 bits per heavy atom. The van der Waals surface area contributed by atoms with Crippen LogP contribution >= 0.6 is 23.2 Å². The zero-order chi connectivity index (χ0) is 20.3. The highest BCUT2D eigenvalue weighted by atomic mass is 35.5. The summed E-state index contributed by atoms with van der Waals surface area (Å²) in [5, 5.41) is 5.97. The molecule has 2 N–H and O–H groups in total. The van der Waals surface area contributed by atoms with Crippen LogP contribution in [0.4, 0.5) is 16.2 Å².